The number of nitrogens with zero attached hydrogens (tertiary/aromatic N) is 1. The minimum atomic E-state index is -0.463. The van der Waals surface area contributed by atoms with Crippen molar-refractivity contribution in [1.29, 1.82) is 0 Å². The molecule has 0 amide bonds. The van der Waals surface area contributed by atoms with Gasteiger partial charge in [0.05, 0.1) is 33.0 Å². The van der Waals surface area contributed by atoms with E-state index in [0.717, 1.165) is 66.2 Å². The van der Waals surface area contributed by atoms with E-state index in [1.807, 2.05) is 48.5 Å². The highest BCUT2D eigenvalue weighted by molar-refractivity contribution is 5.48. The Bertz CT molecular complexity index is 1130. The molecule has 0 aromatic heterocycles. The van der Waals surface area contributed by atoms with Crippen LogP contribution in [0.5, 0.6) is 11.5 Å². The van der Waals surface area contributed by atoms with Crippen molar-refractivity contribution >= 4 is 0 Å². The third-order valence-electron chi connectivity index (χ3n) is 7.36. The Balaban J connectivity index is 1.35. The number of hydrogen-bond donors (Lipinski definition) is 2. The molecule has 1 fully saturated rings. The van der Waals surface area contributed by atoms with Crippen molar-refractivity contribution in [2.75, 3.05) is 27.3 Å². The summed E-state index contributed by atoms with van der Waals surface area (Å²) in [4.78, 5) is 2.45. The quantitative estimate of drug-likeness (QED) is 0.474. The van der Waals surface area contributed by atoms with E-state index in [0.29, 0.717) is 6.54 Å². The summed E-state index contributed by atoms with van der Waals surface area (Å²) in [5.74, 6) is 1.54. The molecule has 0 spiro atoms. The number of fused-ring (bicyclic) bond motifs is 1. The number of rotatable bonds is 8. The standard InChI is InChI=1S/C30H36N2O5/c1-34-28-13-24-11-12-32(17-25(24)14-29(28)35-2)18-26-15-27(22-7-5-21(19-33)6-8-22)37-30(36-26)23-9-3-20(16-31)4-10-23/h3-10,13-14,26-27,30,33H,11-12,15-19,31H2,1-2H3. The number of aliphatic hydroxyl groups is 1. The predicted molar refractivity (Wildman–Crippen MR) is 141 cm³/mol. The number of nitrogens with two attached hydrogens (primary N) is 1. The minimum Gasteiger partial charge on any atom is -0.493 e. The van der Waals surface area contributed by atoms with Gasteiger partial charge in [0.25, 0.3) is 0 Å². The van der Waals surface area contributed by atoms with Gasteiger partial charge in [0.1, 0.15) is 0 Å². The lowest BCUT2D eigenvalue weighted by atomic mass is 9.97. The van der Waals surface area contributed by atoms with E-state index in [9.17, 15) is 5.11 Å². The highest BCUT2D eigenvalue weighted by Crippen LogP contribution is 2.39. The van der Waals surface area contributed by atoms with E-state index in [1.54, 1.807) is 14.2 Å². The Morgan fingerprint density at radius 2 is 1.54 bits per heavy atom. The lowest BCUT2D eigenvalue weighted by Crippen LogP contribution is -2.41. The molecule has 2 heterocycles. The van der Waals surface area contributed by atoms with Crippen LogP contribution in [-0.2, 0) is 35.6 Å². The van der Waals surface area contributed by atoms with E-state index in [4.69, 9.17) is 24.7 Å². The Morgan fingerprint density at radius 3 is 2.19 bits per heavy atom. The summed E-state index contributed by atoms with van der Waals surface area (Å²) in [6.07, 6.45) is 1.14. The molecule has 3 aromatic carbocycles. The summed E-state index contributed by atoms with van der Waals surface area (Å²) >= 11 is 0. The molecule has 7 heteroatoms. The number of methoxy groups -OCH3 is 2. The first-order chi connectivity index (χ1) is 18.1. The van der Waals surface area contributed by atoms with Crippen LogP contribution in [0, 0.1) is 0 Å². The second-order valence-corrected chi connectivity index (χ2v) is 9.76. The zero-order valence-electron chi connectivity index (χ0n) is 21.6. The van der Waals surface area contributed by atoms with Gasteiger partial charge in [-0.3, -0.25) is 4.90 Å². The number of aliphatic hydroxyl groups excluding tert-OH is 1. The van der Waals surface area contributed by atoms with Crippen LogP contribution >= 0.6 is 0 Å². The monoisotopic (exact) mass is 504 g/mol. The van der Waals surface area contributed by atoms with Gasteiger partial charge in [0, 0.05) is 38.2 Å². The molecule has 1 saturated heterocycles. The van der Waals surface area contributed by atoms with E-state index in [-0.39, 0.29) is 18.8 Å². The van der Waals surface area contributed by atoms with E-state index < -0.39 is 6.29 Å². The summed E-state index contributed by atoms with van der Waals surface area (Å²) < 4.78 is 24.0. The first kappa shape index (κ1) is 25.7. The fraction of sp³-hybridized carbons (Fsp3) is 0.400. The Hall–Kier alpha value is -2.94. The smallest absolute Gasteiger partial charge is 0.184 e. The number of benzene rings is 3. The zero-order chi connectivity index (χ0) is 25.8. The van der Waals surface area contributed by atoms with Crippen molar-refractivity contribution in [1.82, 2.24) is 4.90 Å². The second-order valence-electron chi connectivity index (χ2n) is 9.76. The molecule has 196 valence electrons. The molecular formula is C30H36N2O5. The summed E-state index contributed by atoms with van der Waals surface area (Å²) in [5, 5.41) is 9.45. The summed E-state index contributed by atoms with van der Waals surface area (Å²) in [5.41, 5.74) is 12.4. The number of ether oxygens (including phenoxy) is 4. The van der Waals surface area contributed by atoms with Crippen LogP contribution < -0.4 is 15.2 Å². The molecule has 2 aliphatic heterocycles. The minimum absolute atomic E-state index is 0.00264. The summed E-state index contributed by atoms with van der Waals surface area (Å²) in [7, 11) is 3.35. The van der Waals surface area contributed by atoms with Gasteiger partial charge in [-0.15, -0.1) is 0 Å². The molecule has 3 unspecified atom stereocenters. The van der Waals surface area contributed by atoms with Crippen LogP contribution in [0.2, 0.25) is 0 Å². The average Bonchev–Trinajstić information content (AvgIpc) is 2.96. The maximum atomic E-state index is 9.45. The van der Waals surface area contributed by atoms with E-state index >= 15 is 0 Å². The molecule has 0 saturated carbocycles. The van der Waals surface area contributed by atoms with Crippen LogP contribution in [0.15, 0.2) is 60.7 Å². The molecule has 3 aromatic rings. The van der Waals surface area contributed by atoms with Crippen LogP contribution in [0.4, 0.5) is 0 Å². The maximum absolute atomic E-state index is 9.45. The molecule has 3 N–H and O–H groups in total. The predicted octanol–water partition coefficient (Wildman–Crippen LogP) is 4.26. The third-order valence-corrected chi connectivity index (χ3v) is 7.36. The van der Waals surface area contributed by atoms with Gasteiger partial charge in [-0.05, 0) is 46.4 Å². The molecule has 5 rings (SSSR count). The van der Waals surface area contributed by atoms with Crippen molar-refractivity contribution in [2.45, 2.75) is 51.0 Å². The molecule has 7 nitrogen and oxygen atoms in total. The van der Waals surface area contributed by atoms with Gasteiger partial charge in [0.15, 0.2) is 17.8 Å². The molecule has 3 atom stereocenters. The van der Waals surface area contributed by atoms with Crippen LogP contribution in [0.25, 0.3) is 0 Å². The zero-order valence-corrected chi connectivity index (χ0v) is 21.6. The Morgan fingerprint density at radius 1 is 0.892 bits per heavy atom. The van der Waals surface area contributed by atoms with Gasteiger partial charge >= 0.3 is 0 Å². The second kappa shape index (κ2) is 11.6. The fourth-order valence-corrected chi connectivity index (χ4v) is 5.23. The van der Waals surface area contributed by atoms with Gasteiger partial charge < -0.3 is 29.8 Å². The van der Waals surface area contributed by atoms with Crippen molar-refractivity contribution in [3.8, 4) is 11.5 Å². The van der Waals surface area contributed by atoms with Gasteiger partial charge in [-0.25, -0.2) is 0 Å². The molecule has 0 bridgehead atoms. The number of hydrogen-bond acceptors (Lipinski definition) is 7. The van der Waals surface area contributed by atoms with Gasteiger partial charge in [-0.2, -0.15) is 0 Å². The summed E-state index contributed by atoms with van der Waals surface area (Å²) in [6.45, 7) is 3.12. The Kier molecular flexibility index (Phi) is 8.08. The van der Waals surface area contributed by atoms with Crippen molar-refractivity contribution in [3.05, 3.63) is 94.0 Å². The normalized spacial score (nSPS) is 21.9. The van der Waals surface area contributed by atoms with Crippen LogP contribution in [0.3, 0.4) is 0 Å². The third kappa shape index (κ3) is 5.81. The fourth-order valence-electron chi connectivity index (χ4n) is 5.23. The van der Waals surface area contributed by atoms with Gasteiger partial charge in [-0.1, -0.05) is 48.5 Å². The van der Waals surface area contributed by atoms with Crippen molar-refractivity contribution in [3.63, 3.8) is 0 Å². The highest BCUT2D eigenvalue weighted by Gasteiger charge is 2.34. The first-order valence-corrected chi connectivity index (χ1v) is 12.9. The SMILES string of the molecule is COc1cc2c(cc1OC)CN(CC1CC(c3ccc(CO)cc3)OC(c3ccc(CN)cc3)O1)CC2. The van der Waals surface area contributed by atoms with Gasteiger partial charge in [0.2, 0.25) is 0 Å². The Labute approximate surface area is 218 Å². The highest BCUT2D eigenvalue weighted by atomic mass is 16.7. The largest absolute Gasteiger partial charge is 0.493 e. The average molecular weight is 505 g/mol. The topological polar surface area (TPSA) is 86.4 Å². The molecule has 0 radical (unpaired) electrons. The van der Waals surface area contributed by atoms with Crippen LogP contribution in [0.1, 0.15) is 52.2 Å². The van der Waals surface area contributed by atoms with Crippen molar-refractivity contribution in [2.24, 2.45) is 5.73 Å². The van der Waals surface area contributed by atoms with E-state index in [2.05, 4.69) is 17.0 Å². The van der Waals surface area contributed by atoms with E-state index in [1.165, 1.54) is 11.1 Å². The molecule has 2 aliphatic rings. The lowest BCUT2D eigenvalue weighted by molar-refractivity contribution is -0.253. The van der Waals surface area contributed by atoms with Crippen LogP contribution in [-0.4, -0.2) is 43.4 Å². The molecular weight excluding hydrogens is 468 g/mol. The maximum Gasteiger partial charge on any atom is 0.184 e. The lowest BCUT2D eigenvalue weighted by Gasteiger charge is -2.39. The molecule has 37 heavy (non-hydrogen) atoms. The van der Waals surface area contributed by atoms with Crippen molar-refractivity contribution < 1.29 is 24.1 Å². The molecule has 0 aliphatic carbocycles. The first-order valence-electron chi connectivity index (χ1n) is 12.9. The summed E-state index contributed by atoms with van der Waals surface area (Å²) in [6, 6.07) is 20.3.